The van der Waals surface area contributed by atoms with Gasteiger partial charge in [-0.2, -0.15) is 0 Å². The number of halogens is 3. The van der Waals surface area contributed by atoms with Crippen LogP contribution >= 0.6 is 34.8 Å². The highest BCUT2D eigenvalue weighted by atomic mass is 35.5. The quantitative estimate of drug-likeness (QED) is 0.738. The molecule has 2 rings (SSSR count). The van der Waals surface area contributed by atoms with Gasteiger partial charge >= 0.3 is 0 Å². The van der Waals surface area contributed by atoms with Crippen LogP contribution in [-0.2, 0) is 6.42 Å². The van der Waals surface area contributed by atoms with Crippen LogP contribution in [0.5, 0.6) is 5.75 Å². The molecule has 19 heavy (non-hydrogen) atoms. The first-order valence-electron chi connectivity index (χ1n) is 5.67. The van der Waals surface area contributed by atoms with Crippen molar-refractivity contribution in [2.24, 2.45) is 0 Å². The molecule has 0 saturated carbocycles. The van der Waals surface area contributed by atoms with Gasteiger partial charge in [-0.1, -0.05) is 46.9 Å². The Balaban J connectivity index is 2.66. The molecule has 2 aromatic rings. The molecule has 1 heterocycles. The molecule has 0 amide bonds. The third-order valence-corrected chi connectivity index (χ3v) is 3.62. The number of aryl methyl sites for hydroxylation is 1. The monoisotopic (exact) mass is 315 g/mol. The fraction of sp³-hybridized carbons (Fsp3) is 0.214. The number of rotatable bonds is 3. The van der Waals surface area contributed by atoms with Crippen molar-refractivity contribution < 1.29 is 4.74 Å². The fourth-order valence-corrected chi connectivity index (χ4v) is 2.46. The second kappa shape index (κ2) is 6.00. The minimum atomic E-state index is 0.223. The summed E-state index contributed by atoms with van der Waals surface area (Å²) < 4.78 is 5.52. The van der Waals surface area contributed by atoms with Gasteiger partial charge in [-0.3, -0.25) is 0 Å². The maximum atomic E-state index is 6.24. The molecule has 0 radical (unpaired) electrons. The average Bonchev–Trinajstić information content (AvgIpc) is 2.37. The van der Waals surface area contributed by atoms with E-state index in [1.807, 2.05) is 25.1 Å². The number of hydrogen-bond acceptors (Lipinski definition) is 2. The van der Waals surface area contributed by atoms with E-state index in [2.05, 4.69) is 4.98 Å². The zero-order chi connectivity index (χ0) is 14.0. The predicted octanol–water partition coefficient (Wildman–Crippen LogP) is 5.07. The Morgan fingerprint density at radius 2 is 2.11 bits per heavy atom. The van der Waals surface area contributed by atoms with Crippen LogP contribution in [0.2, 0.25) is 5.15 Å². The molecule has 0 bridgehead atoms. The molecule has 100 valence electrons. The Morgan fingerprint density at radius 3 is 2.74 bits per heavy atom. The number of ether oxygens (including phenoxy) is 1. The van der Waals surface area contributed by atoms with Crippen molar-refractivity contribution in [3.8, 4) is 5.75 Å². The Hall–Kier alpha value is -0.960. The highest BCUT2D eigenvalue weighted by Gasteiger charge is 2.12. The van der Waals surface area contributed by atoms with E-state index in [-0.39, 0.29) is 4.49 Å². The summed E-state index contributed by atoms with van der Waals surface area (Å²) >= 11 is 17.5. The van der Waals surface area contributed by atoms with Crippen molar-refractivity contribution in [1.29, 1.82) is 0 Å². The normalized spacial score (nSPS) is 10.6. The van der Waals surface area contributed by atoms with Gasteiger partial charge in [0.1, 0.15) is 20.9 Å². The van der Waals surface area contributed by atoms with Crippen molar-refractivity contribution >= 4 is 45.7 Å². The van der Waals surface area contributed by atoms with Crippen molar-refractivity contribution in [3.63, 3.8) is 0 Å². The van der Waals surface area contributed by atoms with Gasteiger partial charge in [0.25, 0.3) is 0 Å². The molecular weight excluding hydrogens is 305 g/mol. The second-order valence-corrected chi connectivity index (χ2v) is 5.43. The maximum absolute atomic E-state index is 6.24. The Morgan fingerprint density at radius 1 is 1.37 bits per heavy atom. The first-order chi connectivity index (χ1) is 9.04. The largest absolute Gasteiger partial charge is 0.494 e. The molecule has 0 spiro atoms. The van der Waals surface area contributed by atoms with Gasteiger partial charge < -0.3 is 4.74 Å². The number of nitrogens with zero attached hydrogens (tertiary/aromatic N) is 1. The summed E-state index contributed by atoms with van der Waals surface area (Å²) in [5.74, 6) is 0.708. The van der Waals surface area contributed by atoms with Crippen LogP contribution in [0.15, 0.2) is 28.8 Å². The van der Waals surface area contributed by atoms with Crippen LogP contribution in [0.4, 0.5) is 0 Å². The summed E-state index contributed by atoms with van der Waals surface area (Å²) in [5.41, 5.74) is 2.73. The zero-order valence-electron chi connectivity index (χ0n) is 10.5. The Labute approximate surface area is 126 Å². The lowest BCUT2D eigenvalue weighted by molar-refractivity contribution is 0.419. The molecule has 1 aromatic carbocycles. The lowest BCUT2D eigenvalue weighted by atomic mass is 10.0. The topological polar surface area (TPSA) is 22.1 Å². The fourth-order valence-electron chi connectivity index (χ4n) is 2.00. The summed E-state index contributed by atoms with van der Waals surface area (Å²) in [6.45, 7) is 2.00. The molecule has 0 N–H and O–H groups in total. The molecule has 0 fully saturated rings. The number of hydrogen-bond donors (Lipinski definition) is 0. The molecule has 0 aliphatic rings. The number of allylic oxidation sites excluding steroid dienone is 1. The Kier molecular flexibility index (Phi) is 4.56. The lowest BCUT2D eigenvalue weighted by Crippen LogP contribution is -1.96. The van der Waals surface area contributed by atoms with E-state index in [0.717, 1.165) is 22.0 Å². The predicted molar refractivity (Wildman–Crippen MR) is 81.5 cm³/mol. The first-order valence-corrected chi connectivity index (χ1v) is 6.80. The van der Waals surface area contributed by atoms with Crippen molar-refractivity contribution in [2.45, 2.75) is 13.3 Å². The molecular formula is C14H12Cl3NO. The molecule has 2 nitrogen and oxygen atoms in total. The van der Waals surface area contributed by atoms with E-state index >= 15 is 0 Å². The van der Waals surface area contributed by atoms with Crippen LogP contribution in [0.3, 0.4) is 0 Å². The maximum Gasteiger partial charge on any atom is 0.145 e. The number of aromatic nitrogens is 1. The van der Waals surface area contributed by atoms with Crippen molar-refractivity contribution in [1.82, 2.24) is 4.98 Å². The number of para-hydroxylation sites is 1. The molecule has 0 unspecified atom stereocenters. The van der Waals surface area contributed by atoms with Gasteiger partial charge in [0.15, 0.2) is 0 Å². The van der Waals surface area contributed by atoms with Gasteiger partial charge in [-0.05, 0) is 36.6 Å². The van der Waals surface area contributed by atoms with Crippen LogP contribution in [-0.4, -0.2) is 12.1 Å². The minimum absolute atomic E-state index is 0.223. The molecule has 0 aliphatic carbocycles. The molecule has 0 aliphatic heterocycles. The number of methoxy groups -OCH3 is 1. The third kappa shape index (κ3) is 2.97. The van der Waals surface area contributed by atoms with Crippen molar-refractivity contribution in [2.75, 3.05) is 7.11 Å². The standard InChI is InChI=1S/C14H12Cl3NO/c1-8-9-4-3-5-11(19-2)13(9)18-14(17)10(8)6-7-12(15)16/h3-5,7H,6H2,1-2H3. The van der Waals surface area contributed by atoms with Gasteiger partial charge in [0.2, 0.25) is 0 Å². The van der Waals surface area contributed by atoms with Crippen LogP contribution in [0.1, 0.15) is 11.1 Å². The second-order valence-electron chi connectivity index (χ2n) is 4.06. The summed E-state index contributed by atoms with van der Waals surface area (Å²) in [6, 6.07) is 5.78. The molecule has 5 heteroatoms. The summed E-state index contributed by atoms with van der Waals surface area (Å²) in [4.78, 5) is 4.41. The molecule has 1 aromatic heterocycles. The van der Waals surface area contributed by atoms with E-state index in [4.69, 9.17) is 39.5 Å². The molecule has 0 saturated heterocycles. The zero-order valence-corrected chi connectivity index (χ0v) is 12.8. The van der Waals surface area contributed by atoms with E-state index in [1.54, 1.807) is 13.2 Å². The lowest BCUT2D eigenvalue weighted by Gasteiger charge is -2.12. The Bertz CT molecular complexity index is 649. The van der Waals surface area contributed by atoms with Crippen LogP contribution in [0.25, 0.3) is 10.9 Å². The number of pyridine rings is 1. The minimum Gasteiger partial charge on any atom is -0.494 e. The number of benzene rings is 1. The summed E-state index contributed by atoms with van der Waals surface area (Å²) in [5, 5.41) is 1.46. The third-order valence-electron chi connectivity index (χ3n) is 3.00. The van der Waals surface area contributed by atoms with Gasteiger partial charge in [0.05, 0.1) is 7.11 Å². The van der Waals surface area contributed by atoms with E-state index in [1.165, 1.54) is 0 Å². The smallest absolute Gasteiger partial charge is 0.145 e. The first kappa shape index (κ1) is 14.4. The van der Waals surface area contributed by atoms with Crippen LogP contribution < -0.4 is 4.74 Å². The number of fused-ring (bicyclic) bond motifs is 1. The van der Waals surface area contributed by atoms with Crippen molar-refractivity contribution in [3.05, 3.63) is 45.0 Å². The average molecular weight is 317 g/mol. The van der Waals surface area contributed by atoms with Gasteiger partial charge in [-0.25, -0.2) is 4.98 Å². The van der Waals surface area contributed by atoms with E-state index in [9.17, 15) is 0 Å². The molecule has 0 atom stereocenters. The van der Waals surface area contributed by atoms with Gasteiger partial charge in [-0.15, -0.1) is 0 Å². The highest BCUT2D eigenvalue weighted by Crippen LogP contribution is 2.31. The van der Waals surface area contributed by atoms with Crippen LogP contribution in [0, 0.1) is 6.92 Å². The highest BCUT2D eigenvalue weighted by molar-refractivity contribution is 6.55. The van der Waals surface area contributed by atoms with E-state index in [0.29, 0.717) is 17.3 Å². The summed E-state index contributed by atoms with van der Waals surface area (Å²) in [6.07, 6.45) is 2.25. The SMILES string of the molecule is COc1cccc2c(C)c(CC=C(Cl)Cl)c(Cl)nc12. The van der Waals surface area contributed by atoms with E-state index < -0.39 is 0 Å². The van der Waals surface area contributed by atoms with Gasteiger partial charge in [0, 0.05) is 5.39 Å². The summed E-state index contributed by atoms with van der Waals surface area (Å²) in [7, 11) is 1.61.